The predicted octanol–water partition coefficient (Wildman–Crippen LogP) is 2.83. The monoisotopic (exact) mass is 268 g/mol. The summed E-state index contributed by atoms with van der Waals surface area (Å²) in [5, 5.41) is 0.945. The van der Waals surface area contributed by atoms with Gasteiger partial charge in [0.25, 0.3) is 0 Å². The molecule has 1 saturated carbocycles. The Morgan fingerprint density at radius 2 is 1.67 bits per heavy atom. The lowest BCUT2D eigenvalue weighted by atomic mass is 10.0. The van der Waals surface area contributed by atoms with Gasteiger partial charge in [-0.1, -0.05) is 6.42 Å². The summed E-state index contributed by atoms with van der Waals surface area (Å²) >= 11 is 2.09. The van der Waals surface area contributed by atoms with Gasteiger partial charge in [0.1, 0.15) is 0 Å². The van der Waals surface area contributed by atoms with Crippen LogP contribution in [-0.4, -0.2) is 59.6 Å². The third kappa shape index (κ3) is 2.88. The van der Waals surface area contributed by atoms with Crippen molar-refractivity contribution in [2.45, 2.75) is 62.3 Å². The molecule has 0 spiro atoms. The Balaban J connectivity index is 1.59. The molecule has 2 aliphatic heterocycles. The Morgan fingerprint density at radius 3 is 2.50 bits per heavy atom. The van der Waals surface area contributed by atoms with Gasteiger partial charge in [-0.05, 0) is 64.4 Å². The normalized spacial score (nSPS) is 39.5. The molecule has 0 aromatic heterocycles. The summed E-state index contributed by atoms with van der Waals surface area (Å²) in [5.74, 6) is 0. The van der Waals surface area contributed by atoms with Crippen molar-refractivity contribution >= 4 is 11.8 Å². The molecule has 1 aliphatic carbocycles. The van der Waals surface area contributed by atoms with Crippen molar-refractivity contribution in [3.63, 3.8) is 0 Å². The van der Waals surface area contributed by atoms with Gasteiger partial charge in [-0.2, -0.15) is 11.8 Å². The molecule has 2 saturated heterocycles. The van der Waals surface area contributed by atoms with E-state index in [0.717, 1.165) is 17.3 Å². The van der Waals surface area contributed by atoms with E-state index >= 15 is 0 Å². The number of piperidine rings is 1. The fourth-order valence-corrected chi connectivity index (χ4v) is 4.98. The van der Waals surface area contributed by atoms with Crippen molar-refractivity contribution in [3.05, 3.63) is 0 Å². The van der Waals surface area contributed by atoms with Crippen LogP contribution in [0.1, 0.15) is 44.9 Å². The van der Waals surface area contributed by atoms with Gasteiger partial charge in [-0.3, -0.25) is 9.80 Å². The van der Waals surface area contributed by atoms with Gasteiger partial charge in [-0.25, -0.2) is 0 Å². The molecule has 0 N–H and O–H groups in total. The van der Waals surface area contributed by atoms with Gasteiger partial charge in [0.15, 0.2) is 0 Å². The fraction of sp³-hybridized carbons (Fsp3) is 1.00. The molecule has 3 rings (SSSR count). The summed E-state index contributed by atoms with van der Waals surface area (Å²) in [6, 6.07) is 1.79. The molecule has 2 heterocycles. The predicted molar refractivity (Wildman–Crippen MR) is 80.3 cm³/mol. The van der Waals surface area contributed by atoms with Crippen LogP contribution in [0.2, 0.25) is 0 Å². The van der Waals surface area contributed by atoms with E-state index in [-0.39, 0.29) is 0 Å². The topological polar surface area (TPSA) is 6.48 Å². The van der Waals surface area contributed by atoms with Crippen LogP contribution in [0, 0.1) is 0 Å². The first kappa shape index (κ1) is 13.3. The van der Waals surface area contributed by atoms with E-state index in [1.54, 1.807) is 0 Å². The highest BCUT2D eigenvalue weighted by Gasteiger charge is 2.33. The first-order valence-electron chi connectivity index (χ1n) is 7.87. The molecule has 18 heavy (non-hydrogen) atoms. The molecule has 3 unspecified atom stereocenters. The summed E-state index contributed by atoms with van der Waals surface area (Å²) in [6.07, 6.45) is 12.4. The third-order valence-corrected chi connectivity index (χ3v) is 6.39. The first-order chi connectivity index (χ1) is 8.86. The van der Waals surface area contributed by atoms with E-state index in [1.807, 2.05) is 0 Å². The smallest absolute Gasteiger partial charge is 0.0223 e. The van der Waals surface area contributed by atoms with E-state index in [2.05, 4.69) is 27.8 Å². The van der Waals surface area contributed by atoms with Crippen LogP contribution in [0.25, 0.3) is 0 Å². The fourth-order valence-electron chi connectivity index (χ4n) is 4.19. The molecule has 0 radical (unpaired) electrons. The molecule has 3 aliphatic rings. The zero-order valence-electron chi connectivity index (χ0n) is 11.8. The van der Waals surface area contributed by atoms with Gasteiger partial charge in [-0.15, -0.1) is 0 Å². The highest BCUT2D eigenvalue weighted by molar-refractivity contribution is 7.99. The molecule has 3 heteroatoms. The lowest BCUT2D eigenvalue weighted by molar-refractivity contribution is 0.120. The molecule has 0 aromatic rings. The molecule has 2 nitrogen and oxygen atoms in total. The average Bonchev–Trinajstić information content (AvgIpc) is 2.78. The van der Waals surface area contributed by atoms with Crippen molar-refractivity contribution in [1.82, 2.24) is 9.80 Å². The van der Waals surface area contributed by atoms with Gasteiger partial charge in [0.05, 0.1) is 0 Å². The molecule has 3 atom stereocenters. The highest BCUT2D eigenvalue weighted by atomic mass is 32.2. The van der Waals surface area contributed by atoms with Crippen molar-refractivity contribution in [1.29, 1.82) is 0 Å². The average molecular weight is 268 g/mol. The SMILES string of the molecule is CSC1CCC(N2CCCN3CCCCC3C2)C1. The quantitative estimate of drug-likeness (QED) is 0.760. The molecule has 0 amide bonds. The molecule has 0 bridgehead atoms. The van der Waals surface area contributed by atoms with Gasteiger partial charge < -0.3 is 0 Å². The molecular formula is C15H28N2S. The minimum absolute atomic E-state index is 0.884. The summed E-state index contributed by atoms with van der Waals surface area (Å²) in [4.78, 5) is 5.64. The summed E-state index contributed by atoms with van der Waals surface area (Å²) in [5.41, 5.74) is 0. The maximum Gasteiger partial charge on any atom is 0.0223 e. The zero-order valence-corrected chi connectivity index (χ0v) is 12.6. The van der Waals surface area contributed by atoms with Crippen LogP contribution in [0.15, 0.2) is 0 Å². The van der Waals surface area contributed by atoms with Gasteiger partial charge in [0, 0.05) is 23.9 Å². The number of nitrogens with zero attached hydrogens (tertiary/aromatic N) is 2. The van der Waals surface area contributed by atoms with Gasteiger partial charge >= 0.3 is 0 Å². The summed E-state index contributed by atoms with van der Waals surface area (Å²) < 4.78 is 0. The van der Waals surface area contributed by atoms with E-state index in [0.29, 0.717) is 0 Å². The van der Waals surface area contributed by atoms with Crippen molar-refractivity contribution in [3.8, 4) is 0 Å². The summed E-state index contributed by atoms with van der Waals surface area (Å²) in [6.45, 7) is 5.46. The standard InChI is InChI=1S/C15H28N2S/c1-18-15-7-6-13(11-15)17-10-4-9-16-8-3-2-5-14(16)12-17/h13-15H,2-12H2,1H3. The second kappa shape index (κ2) is 6.15. The Morgan fingerprint density at radius 1 is 0.833 bits per heavy atom. The van der Waals surface area contributed by atoms with E-state index in [4.69, 9.17) is 0 Å². The number of thioether (sulfide) groups is 1. The van der Waals surface area contributed by atoms with Crippen molar-refractivity contribution in [2.24, 2.45) is 0 Å². The highest BCUT2D eigenvalue weighted by Crippen LogP contribution is 2.33. The zero-order chi connectivity index (χ0) is 12.4. The van der Waals surface area contributed by atoms with Crippen LogP contribution in [0.5, 0.6) is 0 Å². The molecule has 104 valence electrons. The van der Waals surface area contributed by atoms with E-state index < -0.39 is 0 Å². The number of hydrogen-bond donors (Lipinski definition) is 0. The van der Waals surface area contributed by atoms with Gasteiger partial charge in [0.2, 0.25) is 0 Å². The lowest BCUT2D eigenvalue weighted by Crippen LogP contribution is -2.46. The van der Waals surface area contributed by atoms with E-state index in [1.165, 1.54) is 71.1 Å². The maximum atomic E-state index is 2.85. The van der Waals surface area contributed by atoms with Crippen LogP contribution >= 0.6 is 11.8 Å². The lowest BCUT2D eigenvalue weighted by Gasteiger charge is -2.37. The molecule has 3 fully saturated rings. The minimum atomic E-state index is 0.884. The Labute approximate surface area is 116 Å². The number of fused-ring (bicyclic) bond motifs is 1. The Kier molecular flexibility index (Phi) is 4.53. The van der Waals surface area contributed by atoms with Crippen LogP contribution < -0.4 is 0 Å². The van der Waals surface area contributed by atoms with Crippen LogP contribution in [0.3, 0.4) is 0 Å². The maximum absolute atomic E-state index is 2.85. The first-order valence-corrected chi connectivity index (χ1v) is 9.16. The molecule has 0 aromatic carbocycles. The second-order valence-electron chi connectivity index (χ2n) is 6.36. The number of rotatable bonds is 2. The molecular weight excluding hydrogens is 240 g/mol. The van der Waals surface area contributed by atoms with Crippen molar-refractivity contribution < 1.29 is 0 Å². The Hall–Kier alpha value is 0.270. The van der Waals surface area contributed by atoms with Crippen LogP contribution in [0.4, 0.5) is 0 Å². The summed E-state index contributed by atoms with van der Waals surface area (Å²) in [7, 11) is 0. The van der Waals surface area contributed by atoms with E-state index in [9.17, 15) is 0 Å². The van der Waals surface area contributed by atoms with Crippen molar-refractivity contribution in [2.75, 3.05) is 32.4 Å². The largest absolute Gasteiger partial charge is 0.299 e. The Bertz CT molecular complexity index is 271. The third-order valence-electron chi connectivity index (χ3n) is 5.29. The second-order valence-corrected chi connectivity index (χ2v) is 7.50. The van der Waals surface area contributed by atoms with Crippen LogP contribution in [-0.2, 0) is 0 Å². The minimum Gasteiger partial charge on any atom is -0.299 e. The number of hydrogen-bond acceptors (Lipinski definition) is 3.